The number of pyridine rings is 1. The van der Waals surface area contributed by atoms with E-state index in [-0.39, 0.29) is 31.7 Å². The molecule has 1 rings (SSSR count). The highest BCUT2D eigenvalue weighted by Crippen LogP contribution is 2.06. The maximum atomic E-state index is 12.1. The third-order valence-corrected chi connectivity index (χ3v) is 2.84. The predicted octanol–water partition coefficient (Wildman–Crippen LogP) is 0.669. The second-order valence-corrected chi connectivity index (χ2v) is 4.60. The van der Waals surface area contributed by atoms with E-state index in [1.165, 1.54) is 18.3 Å². The Kier molecular flexibility index (Phi) is 7.52. The number of amides is 1. The van der Waals surface area contributed by atoms with Crippen molar-refractivity contribution in [2.24, 2.45) is 0 Å². The van der Waals surface area contributed by atoms with Crippen molar-refractivity contribution in [1.29, 1.82) is 0 Å². The lowest BCUT2D eigenvalue weighted by molar-refractivity contribution is -0.146. The monoisotopic (exact) mass is 323 g/mol. The molecule has 0 unspecified atom stereocenters. The van der Waals surface area contributed by atoms with Crippen LogP contribution >= 0.6 is 0 Å². The Hall–Kier alpha value is -2.64. The summed E-state index contributed by atoms with van der Waals surface area (Å²) in [6.45, 7) is 3.77. The van der Waals surface area contributed by atoms with Crippen LogP contribution in [0.2, 0.25) is 0 Å². The second-order valence-electron chi connectivity index (χ2n) is 4.60. The summed E-state index contributed by atoms with van der Waals surface area (Å²) in [5, 5.41) is 2.51. The predicted molar refractivity (Wildman–Crippen MR) is 82.4 cm³/mol. The van der Waals surface area contributed by atoms with Gasteiger partial charge in [-0.2, -0.15) is 0 Å². The van der Waals surface area contributed by atoms with Crippen LogP contribution in [0.5, 0.6) is 0 Å². The van der Waals surface area contributed by atoms with Gasteiger partial charge in [0, 0.05) is 6.42 Å². The Labute approximate surface area is 134 Å². The van der Waals surface area contributed by atoms with E-state index in [2.05, 4.69) is 10.3 Å². The molecule has 126 valence electrons. The van der Waals surface area contributed by atoms with E-state index in [0.29, 0.717) is 5.69 Å². The number of aromatic nitrogens is 1. The summed E-state index contributed by atoms with van der Waals surface area (Å²) >= 11 is 0. The number of nitrogen functional groups attached to an aromatic ring is 1. The number of anilines is 1. The number of nitrogens with one attached hydrogen (secondary N) is 1. The van der Waals surface area contributed by atoms with Crippen LogP contribution < -0.4 is 11.1 Å². The first-order valence-electron chi connectivity index (χ1n) is 7.32. The first kappa shape index (κ1) is 18.4. The van der Waals surface area contributed by atoms with Crippen LogP contribution in [0, 0.1) is 0 Å². The van der Waals surface area contributed by atoms with Gasteiger partial charge in [0.15, 0.2) is 0 Å². The first-order valence-corrected chi connectivity index (χ1v) is 7.32. The zero-order valence-corrected chi connectivity index (χ0v) is 13.2. The Morgan fingerprint density at radius 1 is 1.22 bits per heavy atom. The highest BCUT2D eigenvalue weighted by Gasteiger charge is 2.24. The molecule has 8 heteroatoms. The van der Waals surface area contributed by atoms with Crippen LogP contribution in [-0.2, 0) is 19.1 Å². The van der Waals surface area contributed by atoms with Crippen molar-refractivity contribution in [1.82, 2.24) is 10.3 Å². The lowest BCUT2D eigenvalue weighted by atomic mass is 10.1. The van der Waals surface area contributed by atoms with Gasteiger partial charge in [0.1, 0.15) is 11.7 Å². The highest BCUT2D eigenvalue weighted by atomic mass is 16.5. The molecular weight excluding hydrogens is 302 g/mol. The molecule has 1 amide bonds. The van der Waals surface area contributed by atoms with E-state index in [1.807, 2.05) is 0 Å². The molecule has 3 N–H and O–H groups in total. The van der Waals surface area contributed by atoms with Crippen LogP contribution in [-0.4, -0.2) is 42.1 Å². The molecule has 1 heterocycles. The molecule has 0 saturated carbocycles. The summed E-state index contributed by atoms with van der Waals surface area (Å²) in [7, 11) is 0. The van der Waals surface area contributed by atoms with Gasteiger partial charge in [0.05, 0.1) is 25.1 Å². The number of carbonyl (C=O) groups is 3. The maximum absolute atomic E-state index is 12.1. The Morgan fingerprint density at radius 2 is 1.91 bits per heavy atom. The minimum atomic E-state index is -0.953. The fourth-order valence-corrected chi connectivity index (χ4v) is 1.76. The molecule has 0 aliphatic rings. The summed E-state index contributed by atoms with van der Waals surface area (Å²) < 4.78 is 9.71. The molecule has 1 atom stereocenters. The number of hydrogen-bond donors (Lipinski definition) is 2. The lowest BCUT2D eigenvalue weighted by Crippen LogP contribution is -2.42. The van der Waals surface area contributed by atoms with Gasteiger partial charge in [0.2, 0.25) is 0 Å². The number of hydrogen-bond acceptors (Lipinski definition) is 7. The summed E-state index contributed by atoms with van der Waals surface area (Å²) in [4.78, 5) is 39.3. The van der Waals surface area contributed by atoms with Crippen molar-refractivity contribution < 1.29 is 23.9 Å². The van der Waals surface area contributed by atoms with E-state index in [4.69, 9.17) is 15.2 Å². The van der Waals surface area contributed by atoms with E-state index >= 15 is 0 Å². The van der Waals surface area contributed by atoms with Crippen molar-refractivity contribution in [3.63, 3.8) is 0 Å². The van der Waals surface area contributed by atoms with Gasteiger partial charge in [-0.15, -0.1) is 0 Å². The normalized spacial score (nSPS) is 11.4. The van der Waals surface area contributed by atoms with Crippen LogP contribution in [0.15, 0.2) is 18.3 Å². The molecule has 0 saturated heterocycles. The third-order valence-electron chi connectivity index (χ3n) is 2.84. The molecular formula is C15H21N3O5. The van der Waals surface area contributed by atoms with Gasteiger partial charge in [-0.1, -0.05) is 0 Å². The third kappa shape index (κ3) is 6.33. The molecule has 1 aromatic rings. The maximum Gasteiger partial charge on any atom is 0.328 e. The molecule has 23 heavy (non-hydrogen) atoms. The van der Waals surface area contributed by atoms with Gasteiger partial charge >= 0.3 is 11.9 Å². The molecule has 0 aromatic carbocycles. The summed E-state index contributed by atoms with van der Waals surface area (Å²) in [6.07, 6.45) is 1.41. The number of carbonyl (C=O) groups excluding carboxylic acids is 3. The highest BCUT2D eigenvalue weighted by molar-refractivity contribution is 5.95. The van der Waals surface area contributed by atoms with Crippen LogP contribution in [0.25, 0.3) is 0 Å². The standard InChI is InChI=1S/C15H21N3O5/c1-3-22-13(19)8-7-12(15(21)23-4-2)18-14(20)11-6-5-10(16)9-17-11/h5-6,9,12H,3-4,7-8,16H2,1-2H3,(H,18,20)/t12-/m0/s1. The number of nitrogens with two attached hydrogens (primary N) is 1. The van der Waals surface area contributed by atoms with Crippen LogP contribution in [0.4, 0.5) is 5.69 Å². The minimum Gasteiger partial charge on any atom is -0.466 e. The zero-order valence-electron chi connectivity index (χ0n) is 13.2. The van der Waals surface area contributed by atoms with Gasteiger partial charge in [-0.05, 0) is 32.4 Å². The molecule has 8 nitrogen and oxygen atoms in total. The van der Waals surface area contributed by atoms with Crippen molar-refractivity contribution >= 4 is 23.5 Å². The minimum absolute atomic E-state index is 0.00718. The molecule has 0 fully saturated rings. The number of ether oxygens (including phenoxy) is 2. The Bertz CT molecular complexity index is 545. The van der Waals surface area contributed by atoms with Crippen LogP contribution in [0.1, 0.15) is 37.2 Å². The molecule has 1 aromatic heterocycles. The zero-order chi connectivity index (χ0) is 17.2. The van der Waals surface area contributed by atoms with E-state index in [9.17, 15) is 14.4 Å². The number of nitrogens with zero attached hydrogens (tertiary/aromatic N) is 1. The Morgan fingerprint density at radius 3 is 2.48 bits per heavy atom. The fraction of sp³-hybridized carbons (Fsp3) is 0.467. The van der Waals surface area contributed by atoms with Crippen molar-refractivity contribution in [3.05, 3.63) is 24.0 Å². The fourth-order valence-electron chi connectivity index (χ4n) is 1.76. The average molecular weight is 323 g/mol. The quantitative estimate of drug-likeness (QED) is 0.674. The van der Waals surface area contributed by atoms with E-state index in [1.54, 1.807) is 13.8 Å². The van der Waals surface area contributed by atoms with Gasteiger partial charge in [-0.25, -0.2) is 9.78 Å². The smallest absolute Gasteiger partial charge is 0.328 e. The van der Waals surface area contributed by atoms with Crippen molar-refractivity contribution in [3.8, 4) is 0 Å². The molecule has 0 aliphatic heterocycles. The summed E-state index contributed by atoms with van der Waals surface area (Å²) in [5.41, 5.74) is 6.04. The van der Waals surface area contributed by atoms with Gasteiger partial charge < -0.3 is 20.5 Å². The SMILES string of the molecule is CCOC(=O)CC[C@H](NC(=O)c1ccc(N)cn1)C(=O)OCC. The van der Waals surface area contributed by atoms with E-state index < -0.39 is 23.9 Å². The first-order chi connectivity index (χ1) is 11.0. The van der Waals surface area contributed by atoms with Crippen LogP contribution in [0.3, 0.4) is 0 Å². The number of rotatable bonds is 8. The van der Waals surface area contributed by atoms with E-state index in [0.717, 1.165) is 0 Å². The van der Waals surface area contributed by atoms with Gasteiger partial charge in [0.25, 0.3) is 5.91 Å². The second kappa shape index (κ2) is 9.39. The van der Waals surface area contributed by atoms with Crippen molar-refractivity contribution in [2.75, 3.05) is 18.9 Å². The van der Waals surface area contributed by atoms with Gasteiger partial charge in [-0.3, -0.25) is 9.59 Å². The Balaban J connectivity index is 2.71. The molecule has 0 spiro atoms. The van der Waals surface area contributed by atoms with Crippen molar-refractivity contribution in [2.45, 2.75) is 32.7 Å². The molecule has 0 radical (unpaired) electrons. The molecule has 0 aliphatic carbocycles. The summed E-state index contributed by atoms with van der Waals surface area (Å²) in [5.74, 6) is -1.60. The summed E-state index contributed by atoms with van der Waals surface area (Å²) in [6, 6.07) is 2.02. The number of esters is 2. The topological polar surface area (TPSA) is 121 Å². The lowest BCUT2D eigenvalue weighted by Gasteiger charge is -2.16. The molecule has 0 bridgehead atoms. The largest absolute Gasteiger partial charge is 0.466 e. The average Bonchev–Trinajstić information content (AvgIpc) is 2.52.